The maximum atomic E-state index is 11.6. The van der Waals surface area contributed by atoms with Crippen LogP contribution in [0.3, 0.4) is 0 Å². The highest BCUT2D eigenvalue weighted by molar-refractivity contribution is 5.95. The van der Waals surface area contributed by atoms with Gasteiger partial charge in [0.25, 0.3) is 0 Å². The molecular weight excluding hydrogens is 220 g/mol. The summed E-state index contributed by atoms with van der Waals surface area (Å²) >= 11 is 0. The molecule has 1 saturated heterocycles. The van der Waals surface area contributed by atoms with Crippen LogP contribution in [0, 0.1) is 0 Å². The van der Waals surface area contributed by atoms with Gasteiger partial charge in [-0.3, -0.25) is 0 Å². The Labute approximate surface area is 100 Å². The van der Waals surface area contributed by atoms with E-state index in [2.05, 4.69) is 9.88 Å². The van der Waals surface area contributed by atoms with Gasteiger partial charge >= 0.3 is 5.97 Å². The summed E-state index contributed by atoms with van der Waals surface area (Å²) in [4.78, 5) is 17.9. The van der Waals surface area contributed by atoms with Crippen LogP contribution in [0.25, 0.3) is 0 Å². The normalized spacial score (nSPS) is 14.3. The third-order valence-electron chi connectivity index (χ3n) is 2.71. The molecular formula is C11H18N4O2. The number of nitrogens with zero attached hydrogens (tertiary/aromatic N) is 2. The van der Waals surface area contributed by atoms with Crippen LogP contribution in [0.1, 0.15) is 23.2 Å². The highest BCUT2D eigenvalue weighted by atomic mass is 16.5. The SMILES string of the molecule is COC(=O)c1ccc(N)nc1N1CCCC1.N. The van der Waals surface area contributed by atoms with Crippen molar-refractivity contribution in [2.45, 2.75) is 12.8 Å². The Kier molecular flexibility index (Phi) is 4.28. The number of nitrogens with two attached hydrogens (primary N) is 1. The molecule has 0 radical (unpaired) electrons. The number of ether oxygens (including phenoxy) is 1. The van der Waals surface area contributed by atoms with Crippen molar-refractivity contribution in [3.8, 4) is 0 Å². The van der Waals surface area contributed by atoms with Gasteiger partial charge in [0.15, 0.2) is 0 Å². The summed E-state index contributed by atoms with van der Waals surface area (Å²) in [5.74, 6) is 0.702. The number of pyridine rings is 1. The van der Waals surface area contributed by atoms with Crippen molar-refractivity contribution in [3.05, 3.63) is 17.7 Å². The van der Waals surface area contributed by atoms with Gasteiger partial charge in [-0.25, -0.2) is 9.78 Å². The van der Waals surface area contributed by atoms with E-state index in [-0.39, 0.29) is 12.1 Å². The van der Waals surface area contributed by atoms with Crippen molar-refractivity contribution in [1.82, 2.24) is 11.1 Å². The Bertz CT molecular complexity index is 402. The number of rotatable bonds is 2. The van der Waals surface area contributed by atoms with Crippen molar-refractivity contribution < 1.29 is 9.53 Å². The molecule has 0 spiro atoms. The number of aromatic nitrogens is 1. The summed E-state index contributed by atoms with van der Waals surface area (Å²) in [5.41, 5.74) is 6.13. The number of esters is 1. The van der Waals surface area contributed by atoms with Crippen molar-refractivity contribution in [3.63, 3.8) is 0 Å². The fourth-order valence-electron chi connectivity index (χ4n) is 1.90. The molecule has 1 aliphatic rings. The second kappa shape index (κ2) is 5.49. The van der Waals surface area contributed by atoms with Gasteiger partial charge in [0, 0.05) is 13.1 Å². The molecule has 0 aromatic carbocycles. The van der Waals surface area contributed by atoms with Gasteiger partial charge in [-0.05, 0) is 25.0 Å². The summed E-state index contributed by atoms with van der Waals surface area (Å²) in [7, 11) is 1.37. The number of carbonyl (C=O) groups is 1. The molecule has 5 N–H and O–H groups in total. The molecule has 1 aliphatic heterocycles. The van der Waals surface area contributed by atoms with E-state index in [1.54, 1.807) is 12.1 Å². The Balaban J connectivity index is 0.00000144. The lowest BCUT2D eigenvalue weighted by Crippen LogP contribution is -2.22. The number of carbonyl (C=O) groups excluding carboxylic acids is 1. The maximum Gasteiger partial charge on any atom is 0.341 e. The number of nitrogen functional groups attached to an aromatic ring is 1. The molecule has 0 saturated carbocycles. The number of methoxy groups -OCH3 is 1. The first-order chi connectivity index (χ1) is 7.72. The van der Waals surface area contributed by atoms with Gasteiger partial charge in [0.1, 0.15) is 17.2 Å². The first-order valence-corrected chi connectivity index (χ1v) is 5.32. The molecule has 94 valence electrons. The van der Waals surface area contributed by atoms with E-state index in [4.69, 9.17) is 10.5 Å². The molecule has 6 nitrogen and oxygen atoms in total. The van der Waals surface area contributed by atoms with Gasteiger partial charge in [-0.15, -0.1) is 0 Å². The average molecular weight is 238 g/mol. The van der Waals surface area contributed by atoms with E-state index in [0.717, 1.165) is 25.9 Å². The minimum absolute atomic E-state index is 0. The van der Waals surface area contributed by atoms with Crippen LogP contribution in [0.4, 0.5) is 11.6 Å². The topological polar surface area (TPSA) is 103 Å². The van der Waals surface area contributed by atoms with Crippen LogP contribution in [-0.4, -0.2) is 31.2 Å². The summed E-state index contributed by atoms with van der Waals surface area (Å²) < 4.78 is 4.73. The lowest BCUT2D eigenvalue weighted by molar-refractivity contribution is 0.0601. The number of hydrogen-bond donors (Lipinski definition) is 2. The highest BCUT2D eigenvalue weighted by Gasteiger charge is 2.21. The summed E-state index contributed by atoms with van der Waals surface area (Å²) in [6.45, 7) is 1.83. The summed E-state index contributed by atoms with van der Waals surface area (Å²) in [6.07, 6.45) is 2.24. The molecule has 2 heterocycles. The van der Waals surface area contributed by atoms with Crippen LogP contribution < -0.4 is 16.8 Å². The van der Waals surface area contributed by atoms with Crippen LogP contribution in [0.5, 0.6) is 0 Å². The minimum Gasteiger partial charge on any atom is -0.465 e. The Hall–Kier alpha value is -1.82. The van der Waals surface area contributed by atoms with Gasteiger partial charge in [0.2, 0.25) is 0 Å². The molecule has 1 aromatic rings. The van der Waals surface area contributed by atoms with Gasteiger partial charge < -0.3 is 21.5 Å². The molecule has 1 aromatic heterocycles. The van der Waals surface area contributed by atoms with Crippen molar-refractivity contribution in [2.24, 2.45) is 0 Å². The zero-order valence-electron chi connectivity index (χ0n) is 9.98. The number of hydrogen-bond acceptors (Lipinski definition) is 6. The predicted octanol–water partition coefficient (Wildman–Crippen LogP) is 1.21. The molecule has 1 fully saturated rings. The average Bonchev–Trinajstić information content (AvgIpc) is 2.81. The predicted molar refractivity (Wildman–Crippen MR) is 66.5 cm³/mol. The van der Waals surface area contributed by atoms with Crippen molar-refractivity contribution in [2.75, 3.05) is 30.8 Å². The maximum absolute atomic E-state index is 11.6. The third-order valence-corrected chi connectivity index (χ3v) is 2.71. The first-order valence-electron chi connectivity index (χ1n) is 5.32. The Morgan fingerprint density at radius 3 is 2.65 bits per heavy atom. The molecule has 0 bridgehead atoms. The molecule has 0 atom stereocenters. The Morgan fingerprint density at radius 2 is 2.06 bits per heavy atom. The molecule has 0 aliphatic carbocycles. The molecule has 2 rings (SSSR count). The first kappa shape index (κ1) is 13.2. The van der Waals surface area contributed by atoms with E-state index in [0.29, 0.717) is 17.2 Å². The van der Waals surface area contributed by atoms with Crippen LogP contribution in [0.15, 0.2) is 12.1 Å². The zero-order chi connectivity index (χ0) is 11.5. The fourth-order valence-corrected chi connectivity index (χ4v) is 1.90. The lowest BCUT2D eigenvalue weighted by atomic mass is 10.2. The second-order valence-electron chi connectivity index (χ2n) is 3.79. The van der Waals surface area contributed by atoms with E-state index in [1.807, 2.05) is 0 Å². The van der Waals surface area contributed by atoms with Crippen molar-refractivity contribution >= 4 is 17.6 Å². The van der Waals surface area contributed by atoms with Gasteiger partial charge in [-0.1, -0.05) is 0 Å². The zero-order valence-corrected chi connectivity index (χ0v) is 9.98. The number of anilines is 2. The van der Waals surface area contributed by atoms with E-state index in [9.17, 15) is 4.79 Å². The molecule has 6 heteroatoms. The van der Waals surface area contributed by atoms with Crippen LogP contribution in [-0.2, 0) is 4.74 Å². The smallest absolute Gasteiger partial charge is 0.341 e. The standard InChI is InChI=1S/C11H15N3O2.H3N/c1-16-11(15)8-4-5-9(12)13-10(8)14-6-2-3-7-14;/h4-5H,2-3,6-7H2,1H3,(H2,12,13);1H3. The summed E-state index contributed by atoms with van der Waals surface area (Å²) in [6, 6.07) is 3.29. The highest BCUT2D eigenvalue weighted by Crippen LogP contribution is 2.24. The second-order valence-corrected chi connectivity index (χ2v) is 3.79. The molecule has 0 unspecified atom stereocenters. The summed E-state index contributed by atoms with van der Waals surface area (Å²) in [5, 5.41) is 0. The lowest BCUT2D eigenvalue weighted by Gasteiger charge is -2.19. The van der Waals surface area contributed by atoms with Gasteiger partial charge in [0.05, 0.1) is 7.11 Å². The fraction of sp³-hybridized carbons (Fsp3) is 0.455. The largest absolute Gasteiger partial charge is 0.465 e. The molecule has 17 heavy (non-hydrogen) atoms. The molecule has 0 amide bonds. The van der Waals surface area contributed by atoms with E-state index < -0.39 is 0 Å². The van der Waals surface area contributed by atoms with E-state index >= 15 is 0 Å². The van der Waals surface area contributed by atoms with Crippen LogP contribution >= 0.6 is 0 Å². The van der Waals surface area contributed by atoms with E-state index in [1.165, 1.54) is 7.11 Å². The third kappa shape index (κ3) is 2.65. The van der Waals surface area contributed by atoms with Gasteiger partial charge in [-0.2, -0.15) is 0 Å². The monoisotopic (exact) mass is 238 g/mol. The quantitative estimate of drug-likeness (QED) is 0.750. The Morgan fingerprint density at radius 1 is 1.41 bits per heavy atom. The van der Waals surface area contributed by atoms with Crippen molar-refractivity contribution in [1.29, 1.82) is 0 Å². The van der Waals surface area contributed by atoms with Crippen LogP contribution in [0.2, 0.25) is 0 Å². The minimum atomic E-state index is -0.366.